The first-order chi connectivity index (χ1) is 17.1. The molecule has 0 fully saturated rings. The second kappa shape index (κ2) is 9.91. The molecular formula is C27H26N4O5. The molecule has 0 unspecified atom stereocenters. The van der Waals surface area contributed by atoms with Crippen LogP contribution in [0.4, 0.5) is 16.2 Å². The van der Waals surface area contributed by atoms with Crippen molar-refractivity contribution in [3.63, 3.8) is 0 Å². The first-order valence-corrected chi connectivity index (χ1v) is 11.4. The van der Waals surface area contributed by atoms with Crippen LogP contribution in [-0.2, 0) is 16.0 Å². The van der Waals surface area contributed by atoms with Gasteiger partial charge >= 0.3 is 12.0 Å². The Balaban J connectivity index is 1.50. The number of aryl methyl sites for hydroxylation is 2. The molecule has 0 saturated heterocycles. The van der Waals surface area contributed by atoms with Crippen molar-refractivity contribution in [3.8, 4) is 0 Å². The lowest BCUT2D eigenvalue weighted by Gasteiger charge is -2.08. The van der Waals surface area contributed by atoms with Gasteiger partial charge in [0, 0.05) is 34.6 Å². The van der Waals surface area contributed by atoms with E-state index >= 15 is 0 Å². The number of aromatic nitrogens is 1. The second-order valence-electron chi connectivity index (χ2n) is 8.71. The number of hydrogen-bond acceptors (Lipinski definition) is 4. The zero-order chi connectivity index (χ0) is 26.0. The number of carboxylic acid groups (broad SMARTS) is 1. The Labute approximate surface area is 207 Å². The monoisotopic (exact) mass is 486 g/mol. The van der Waals surface area contributed by atoms with Crippen molar-refractivity contribution < 1.29 is 24.3 Å². The number of aliphatic carboxylic acids is 1. The minimum Gasteiger partial charge on any atom is -0.481 e. The molecule has 4 amide bonds. The molecule has 4 rings (SSSR count). The third-order valence-electron chi connectivity index (χ3n) is 6.08. The number of urea groups is 1. The summed E-state index contributed by atoms with van der Waals surface area (Å²) in [7, 11) is 0. The zero-order valence-corrected chi connectivity index (χ0v) is 20.1. The molecule has 0 aliphatic carbocycles. The fraction of sp³-hybridized carbons (Fsp3) is 0.185. The number of aromatic amines is 1. The van der Waals surface area contributed by atoms with E-state index in [4.69, 9.17) is 5.11 Å². The lowest BCUT2D eigenvalue weighted by molar-refractivity contribution is -0.137. The van der Waals surface area contributed by atoms with Gasteiger partial charge in [0.15, 0.2) is 0 Å². The number of benzene rings is 2. The maximum atomic E-state index is 12.7. The lowest BCUT2D eigenvalue weighted by Crippen LogP contribution is -2.34. The van der Waals surface area contributed by atoms with Crippen LogP contribution >= 0.6 is 0 Å². The quantitative estimate of drug-likeness (QED) is 0.328. The van der Waals surface area contributed by atoms with Crippen LogP contribution in [0.5, 0.6) is 0 Å². The third-order valence-corrected chi connectivity index (χ3v) is 6.08. The molecule has 0 bridgehead atoms. The largest absolute Gasteiger partial charge is 0.481 e. The highest BCUT2D eigenvalue weighted by Crippen LogP contribution is 2.36. The second-order valence-corrected chi connectivity index (χ2v) is 8.71. The molecule has 9 heteroatoms. The summed E-state index contributed by atoms with van der Waals surface area (Å²) in [5, 5.41) is 16.7. The summed E-state index contributed by atoms with van der Waals surface area (Å²) in [6.07, 6.45) is 2.17. The summed E-state index contributed by atoms with van der Waals surface area (Å²) >= 11 is 0. The SMILES string of the molecule is Cc1cccc(C(=O)NC(=O)Nc2ccc3c(c2)NC(=O)C3=Cc2[nH]c(C)c(CCC(=O)O)c2C)c1. The minimum absolute atomic E-state index is 0.0266. The van der Waals surface area contributed by atoms with Crippen molar-refractivity contribution in [1.82, 2.24) is 10.3 Å². The number of anilines is 2. The van der Waals surface area contributed by atoms with Crippen molar-refractivity contribution in [2.75, 3.05) is 10.6 Å². The Hall–Kier alpha value is -4.66. The molecule has 5 N–H and O–H groups in total. The van der Waals surface area contributed by atoms with Gasteiger partial charge in [0.25, 0.3) is 11.8 Å². The number of carbonyl (C=O) groups excluding carboxylic acids is 3. The molecule has 1 aromatic heterocycles. The average molecular weight is 487 g/mol. The summed E-state index contributed by atoms with van der Waals surface area (Å²) in [6, 6.07) is 11.2. The van der Waals surface area contributed by atoms with Gasteiger partial charge in [-0.05, 0) is 68.7 Å². The predicted molar refractivity (Wildman–Crippen MR) is 137 cm³/mol. The van der Waals surface area contributed by atoms with Gasteiger partial charge in [0.2, 0.25) is 0 Å². The minimum atomic E-state index is -0.864. The van der Waals surface area contributed by atoms with Gasteiger partial charge in [0.05, 0.1) is 11.3 Å². The van der Waals surface area contributed by atoms with Crippen LogP contribution in [0.1, 0.15) is 50.4 Å². The third kappa shape index (κ3) is 5.20. The molecule has 9 nitrogen and oxygen atoms in total. The number of H-pyrrole nitrogens is 1. The number of carbonyl (C=O) groups is 4. The number of carboxylic acids is 1. The first-order valence-electron chi connectivity index (χ1n) is 11.4. The molecule has 2 aromatic carbocycles. The Morgan fingerprint density at radius 1 is 1.06 bits per heavy atom. The highest BCUT2D eigenvalue weighted by atomic mass is 16.4. The van der Waals surface area contributed by atoms with Crippen molar-refractivity contribution in [3.05, 3.63) is 81.7 Å². The summed E-state index contributed by atoms with van der Waals surface area (Å²) in [6.45, 7) is 5.63. The summed E-state index contributed by atoms with van der Waals surface area (Å²) < 4.78 is 0. The van der Waals surface area contributed by atoms with Gasteiger partial charge in [-0.25, -0.2) is 4.79 Å². The molecule has 36 heavy (non-hydrogen) atoms. The summed E-state index contributed by atoms with van der Waals surface area (Å²) in [4.78, 5) is 51.5. The Morgan fingerprint density at radius 2 is 1.83 bits per heavy atom. The van der Waals surface area contributed by atoms with Crippen molar-refractivity contribution in [2.24, 2.45) is 0 Å². The normalized spacial score (nSPS) is 13.3. The molecule has 3 aromatic rings. The lowest BCUT2D eigenvalue weighted by atomic mass is 10.0. The summed E-state index contributed by atoms with van der Waals surface area (Å²) in [5.74, 6) is -1.67. The number of imide groups is 1. The first kappa shape index (κ1) is 24.5. The highest BCUT2D eigenvalue weighted by Gasteiger charge is 2.25. The molecule has 0 radical (unpaired) electrons. The smallest absolute Gasteiger partial charge is 0.326 e. The van der Waals surface area contributed by atoms with Crippen LogP contribution in [0.2, 0.25) is 0 Å². The van der Waals surface area contributed by atoms with E-state index in [1.165, 1.54) is 0 Å². The van der Waals surface area contributed by atoms with E-state index in [0.29, 0.717) is 34.5 Å². The van der Waals surface area contributed by atoms with E-state index in [1.54, 1.807) is 42.5 Å². The highest BCUT2D eigenvalue weighted by molar-refractivity contribution is 6.35. The maximum absolute atomic E-state index is 12.7. The van der Waals surface area contributed by atoms with Gasteiger partial charge < -0.3 is 20.7 Å². The number of amides is 4. The van der Waals surface area contributed by atoms with E-state index < -0.39 is 17.9 Å². The van der Waals surface area contributed by atoms with Crippen LogP contribution in [0, 0.1) is 20.8 Å². The Bertz CT molecular complexity index is 1430. The van der Waals surface area contributed by atoms with Crippen LogP contribution in [0.15, 0.2) is 42.5 Å². The van der Waals surface area contributed by atoms with E-state index in [0.717, 1.165) is 28.1 Å². The molecule has 1 aliphatic rings. The van der Waals surface area contributed by atoms with E-state index in [2.05, 4.69) is 20.9 Å². The number of hydrogen-bond donors (Lipinski definition) is 5. The van der Waals surface area contributed by atoms with Crippen LogP contribution in [0.25, 0.3) is 11.6 Å². The van der Waals surface area contributed by atoms with E-state index in [9.17, 15) is 19.2 Å². The molecule has 1 aliphatic heterocycles. The Morgan fingerprint density at radius 3 is 2.56 bits per heavy atom. The molecule has 2 heterocycles. The number of fused-ring (bicyclic) bond motifs is 1. The number of rotatable bonds is 6. The Kier molecular flexibility index (Phi) is 6.73. The van der Waals surface area contributed by atoms with Gasteiger partial charge in [-0.3, -0.25) is 19.7 Å². The van der Waals surface area contributed by atoms with E-state index in [1.807, 2.05) is 26.8 Å². The standard InChI is InChI=1S/C27H26N4O5/c1-14-5-4-6-17(11-14)25(34)31-27(36)29-18-7-8-20-21(26(35)30-23(20)12-18)13-22-15(2)19(16(3)28-22)9-10-24(32)33/h4-8,11-13,28H,9-10H2,1-3H3,(H,30,35)(H,32,33)(H2,29,31,34,36). The fourth-order valence-corrected chi connectivity index (χ4v) is 4.25. The van der Waals surface area contributed by atoms with Gasteiger partial charge in [-0.2, -0.15) is 0 Å². The van der Waals surface area contributed by atoms with Crippen molar-refractivity contribution >= 4 is 46.8 Å². The van der Waals surface area contributed by atoms with Crippen LogP contribution in [-0.4, -0.2) is 33.9 Å². The fourth-order valence-electron chi connectivity index (χ4n) is 4.25. The van der Waals surface area contributed by atoms with E-state index in [-0.39, 0.29) is 12.3 Å². The zero-order valence-electron chi connectivity index (χ0n) is 20.1. The molecular weight excluding hydrogens is 460 g/mol. The predicted octanol–water partition coefficient (Wildman–Crippen LogP) is 4.41. The molecule has 0 saturated carbocycles. The molecule has 0 atom stereocenters. The average Bonchev–Trinajstić information content (AvgIpc) is 3.26. The summed E-state index contributed by atoms with van der Waals surface area (Å²) in [5.41, 5.74) is 6.76. The van der Waals surface area contributed by atoms with Crippen molar-refractivity contribution in [2.45, 2.75) is 33.6 Å². The van der Waals surface area contributed by atoms with Gasteiger partial charge in [0.1, 0.15) is 0 Å². The molecule has 184 valence electrons. The van der Waals surface area contributed by atoms with Gasteiger partial charge in [-0.15, -0.1) is 0 Å². The number of nitrogens with one attached hydrogen (secondary N) is 4. The van der Waals surface area contributed by atoms with Crippen molar-refractivity contribution in [1.29, 1.82) is 0 Å². The van der Waals surface area contributed by atoms with Crippen LogP contribution < -0.4 is 16.0 Å². The van der Waals surface area contributed by atoms with Crippen LogP contribution in [0.3, 0.4) is 0 Å². The maximum Gasteiger partial charge on any atom is 0.326 e. The topological polar surface area (TPSA) is 140 Å². The molecule has 0 spiro atoms. The van der Waals surface area contributed by atoms with Gasteiger partial charge in [-0.1, -0.05) is 23.8 Å².